The number of rotatable bonds is 5. The third-order valence-electron chi connectivity index (χ3n) is 3.31. The lowest BCUT2D eigenvalue weighted by Gasteiger charge is -2.26. The molecular formula is C16H21N3OS. The van der Waals surface area contributed by atoms with Crippen molar-refractivity contribution >= 4 is 28.6 Å². The summed E-state index contributed by atoms with van der Waals surface area (Å²) in [5.41, 5.74) is 8.17. The van der Waals surface area contributed by atoms with Gasteiger partial charge in [0.15, 0.2) is 0 Å². The Morgan fingerprint density at radius 2 is 2.05 bits per heavy atom. The first kappa shape index (κ1) is 15.4. The van der Waals surface area contributed by atoms with Crippen LogP contribution in [0.5, 0.6) is 0 Å². The molecule has 0 radical (unpaired) electrons. The summed E-state index contributed by atoms with van der Waals surface area (Å²) in [5, 5.41) is 2.06. The van der Waals surface area contributed by atoms with Crippen LogP contribution in [0, 0.1) is 0 Å². The summed E-state index contributed by atoms with van der Waals surface area (Å²) in [4.78, 5) is 17.4. The smallest absolute Gasteiger partial charge is 0.255 e. The number of carbonyl (C=O) groups excluding carboxylic acids is 1. The van der Waals surface area contributed by atoms with Crippen LogP contribution in [-0.4, -0.2) is 31.4 Å². The summed E-state index contributed by atoms with van der Waals surface area (Å²) in [5.74, 6) is -0.00497. The van der Waals surface area contributed by atoms with Crippen molar-refractivity contribution in [2.75, 3.05) is 31.3 Å². The normalized spacial score (nSPS) is 10.4. The van der Waals surface area contributed by atoms with Gasteiger partial charge in [-0.05, 0) is 36.6 Å². The zero-order valence-electron chi connectivity index (χ0n) is 12.7. The van der Waals surface area contributed by atoms with Gasteiger partial charge in [-0.25, -0.2) is 0 Å². The average Bonchev–Trinajstić information content (AvgIpc) is 2.96. The first-order valence-corrected chi connectivity index (χ1v) is 7.79. The number of carbonyl (C=O) groups is 1. The molecule has 0 aliphatic carbocycles. The van der Waals surface area contributed by atoms with Crippen molar-refractivity contribution in [3.63, 3.8) is 0 Å². The number of hydrogen-bond donors (Lipinski definition) is 1. The third-order valence-corrected chi connectivity index (χ3v) is 4.17. The maximum atomic E-state index is 12.4. The molecular weight excluding hydrogens is 282 g/mol. The molecule has 0 fully saturated rings. The van der Waals surface area contributed by atoms with Crippen LogP contribution in [0.2, 0.25) is 0 Å². The topological polar surface area (TPSA) is 49.6 Å². The molecule has 0 saturated heterocycles. The lowest BCUT2D eigenvalue weighted by atomic mass is 10.1. The zero-order valence-corrected chi connectivity index (χ0v) is 13.5. The molecule has 0 atom stereocenters. The minimum atomic E-state index is -0.00497. The van der Waals surface area contributed by atoms with Gasteiger partial charge in [0.1, 0.15) is 0 Å². The van der Waals surface area contributed by atoms with Crippen molar-refractivity contribution in [2.24, 2.45) is 0 Å². The molecule has 1 heterocycles. The van der Waals surface area contributed by atoms with Crippen molar-refractivity contribution in [1.29, 1.82) is 0 Å². The molecule has 0 aliphatic heterocycles. The highest BCUT2D eigenvalue weighted by molar-refractivity contribution is 7.09. The molecule has 2 rings (SSSR count). The van der Waals surface area contributed by atoms with Gasteiger partial charge in [-0.2, -0.15) is 0 Å². The summed E-state index contributed by atoms with van der Waals surface area (Å²) in [6.07, 6.45) is 0. The summed E-state index contributed by atoms with van der Waals surface area (Å²) >= 11 is 1.72. The van der Waals surface area contributed by atoms with Gasteiger partial charge in [0.05, 0.1) is 17.8 Å². The van der Waals surface area contributed by atoms with E-state index in [2.05, 4.69) is 23.3 Å². The monoisotopic (exact) mass is 303 g/mol. The second kappa shape index (κ2) is 6.63. The SMILES string of the molecule is CCN(Cc1cccs1)c1cc(N)ccc1C(=O)N(C)C. The highest BCUT2D eigenvalue weighted by atomic mass is 32.1. The molecule has 21 heavy (non-hydrogen) atoms. The van der Waals surface area contributed by atoms with Crippen LogP contribution in [0.15, 0.2) is 35.7 Å². The Morgan fingerprint density at radius 1 is 1.29 bits per heavy atom. The van der Waals surface area contributed by atoms with Crippen LogP contribution in [0.3, 0.4) is 0 Å². The molecule has 5 heteroatoms. The predicted octanol–water partition coefficient (Wildman–Crippen LogP) is 3.06. The molecule has 1 aromatic carbocycles. The molecule has 0 unspecified atom stereocenters. The van der Waals surface area contributed by atoms with Crippen LogP contribution in [-0.2, 0) is 6.54 Å². The summed E-state index contributed by atoms with van der Waals surface area (Å²) < 4.78 is 0. The second-order valence-electron chi connectivity index (χ2n) is 5.07. The Labute approximate surface area is 129 Å². The number of benzene rings is 1. The molecule has 1 aromatic heterocycles. The summed E-state index contributed by atoms with van der Waals surface area (Å²) in [7, 11) is 3.52. The van der Waals surface area contributed by atoms with Gasteiger partial charge in [-0.15, -0.1) is 11.3 Å². The summed E-state index contributed by atoms with van der Waals surface area (Å²) in [6, 6.07) is 9.61. The lowest BCUT2D eigenvalue weighted by Crippen LogP contribution is -2.28. The Morgan fingerprint density at radius 3 is 2.62 bits per heavy atom. The largest absolute Gasteiger partial charge is 0.399 e. The maximum Gasteiger partial charge on any atom is 0.255 e. The Bertz CT molecular complexity index is 608. The van der Waals surface area contributed by atoms with Gasteiger partial charge in [0.2, 0.25) is 0 Å². The molecule has 4 nitrogen and oxygen atoms in total. The van der Waals surface area contributed by atoms with Crippen LogP contribution in [0.25, 0.3) is 0 Å². The molecule has 1 amide bonds. The standard InChI is InChI=1S/C16H21N3OS/c1-4-19(11-13-6-5-9-21-13)15-10-12(17)7-8-14(15)16(20)18(2)3/h5-10H,4,11,17H2,1-3H3. The molecule has 0 aliphatic rings. The van der Waals surface area contributed by atoms with Crippen LogP contribution in [0.1, 0.15) is 22.2 Å². The molecule has 0 saturated carbocycles. The number of thiophene rings is 1. The average molecular weight is 303 g/mol. The van der Waals surface area contributed by atoms with Crippen molar-refractivity contribution in [3.8, 4) is 0 Å². The van der Waals surface area contributed by atoms with Crippen molar-refractivity contribution < 1.29 is 4.79 Å². The Balaban J connectivity index is 2.39. The third kappa shape index (κ3) is 3.55. The first-order valence-electron chi connectivity index (χ1n) is 6.91. The first-order chi connectivity index (χ1) is 10.0. The molecule has 2 N–H and O–H groups in total. The summed E-state index contributed by atoms with van der Waals surface area (Å²) in [6.45, 7) is 3.68. The number of amides is 1. The maximum absolute atomic E-state index is 12.4. The number of nitrogens with two attached hydrogens (primary N) is 1. The lowest BCUT2D eigenvalue weighted by molar-refractivity contribution is 0.0828. The van der Waals surface area contributed by atoms with Gasteiger partial charge >= 0.3 is 0 Å². The highest BCUT2D eigenvalue weighted by Crippen LogP contribution is 2.27. The van der Waals surface area contributed by atoms with Gasteiger partial charge in [-0.3, -0.25) is 4.79 Å². The molecule has 0 spiro atoms. The van der Waals surface area contributed by atoms with Crippen LogP contribution < -0.4 is 10.6 Å². The van der Waals surface area contributed by atoms with Crippen molar-refractivity contribution in [2.45, 2.75) is 13.5 Å². The van der Waals surface area contributed by atoms with Crippen LogP contribution in [0.4, 0.5) is 11.4 Å². The number of nitrogens with zero attached hydrogens (tertiary/aromatic N) is 2. The van der Waals surface area contributed by atoms with E-state index in [0.29, 0.717) is 11.3 Å². The fraction of sp³-hybridized carbons (Fsp3) is 0.312. The van der Waals surface area contributed by atoms with Crippen molar-refractivity contribution in [3.05, 3.63) is 46.2 Å². The Kier molecular flexibility index (Phi) is 4.85. The fourth-order valence-electron chi connectivity index (χ4n) is 2.19. The van der Waals surface area contributed by atoms with Gasteiger partial charge in [0.25, 0.3) is 5.91 Å². The van der Waals surface area contributed by atoms with E-state index < -0.39 is 0 Å². The fourth-order valence-corrected chi connectivity index (χ4v) is 2.91. The number of nitrogen functional groups attached to an aromatic ring is 1. The van der Waals surface area contributed by atoms with Gasteiger partial charge in [0, 0.05) is 31.2 Å². The van der Waals surface area contributed by atoms with Crippen LogP contribution >= 0.6 is 11.3 Å². The van der Waals surface area contributed by atoms with Gasteiger partial charge < -0.3 is 15.5 Å². The molecule has 0 bridgehead atoms. The van der Waals surface area contributed by atoms with E-state index in [-0.39, 0.29) is 5.91 Å². The van der Waals surface area contributed by atoms with E-state index in [1.54, 1.807) is 36.4 Å². The second-order valence-corrected chi connectivity index (χ2v) is 6.10. The minimum absolute atomic E-state index is 0.00497. The van der Waals surface area contributed by atoms with E-state index in [4.69, 9.17) is 5.73 Å². The van der Waals surface area contributed by atoms with E-state index in [1.807, 2.05) is 18.2 Å². The van der Waals surface area contributed by atoms with Gasteiger partial charge in [-0.1, -0.05) is 6.07 Å². The number of hydrogen-bond acceptors (Lipinski definition) is 4. The highest BCUT2D eigenvalue weighted by Gasteiger charge is 2.18. The Hall–Kier alpha value is -2.01. The van der Waals surface area contributed by atoms with E-state index in [9.17, 15) is 4.79 Å². The van der Waals surface area contributed by atoms with E-state index >= 15 is 0 Å². The quantitative estimate of drug-likeness (QED) is 0.864. The molecule has 112 valence electrons. The predicted molar refractivity (Wildman–Crippen MR) is 89.9 cm³/mol. The number of anilines is 2. The van der Waals surface area contributed by atoms with Crippen molar-refractivity contribution in [1.82, 2.24) is 4.90 Å². The zero-order chi connectivity index (χ0) is 15.4. The van der Waals surface area contributed by atoms with E-state index in [0.717, 1.165) is 18.8 Å². The van der Waals surface area contributed by atoms with E-state index in [1.165, 1.54) is 4.88 Å². The molecule has 2 aromatic rings. The minimum Gasteiger partial charge on any atom is -0.399 e.